The van der Waals surface area contributed by atoms with Crippen molar-refractivity contribution in [3.8, 4) is 28.0 Å². The predicted molar refractivity (Wildman–Crippen MR) is 275 cm³/mol. The summed E-state index contributed by atoms with van der Waals surface area (Å²) in [6.45, 7) is 5.36. The zero-order chi connectivity index (χ0) is 43.9. The van der Waals surface area contributed by atoms with E-state index in [4.69, 9.17) is 4.74 Å². The number of nitrogens with zero attached hydrogens (tertiary/aromatic N) is 2. The van der Waals surface area contributed by atoms with Gasteiger partial charge in [-0.2, -0.15) is 0 Å². The maximum Gasteiger partial charge on any atom is 0.338 e. The van der Waals surface area contributed by atoms with Crippen LogP contribution in [-0.4, -0.2) is 5.97 Å². The summed E-state index contributed by atoms with van der Waals surface area (Å²) >= 11 is 1.86. The fraction of sp³-hybridized carbons (Fsp3) is 0.0167. The van der Waals surface area contributed by atoms with E-state index >= 15 is 0 Å². The van der Waals surface area contributed by atoms with Crippen LogP contribution in [0.1, 0.15) is 6.92 Å². The molecule has 0 saturated heterocycles. The Morgan fingerprint density at radius 3 is 1.37 bits per heavy atom. The molecular weight excluding hydrogens is 813 g/mol. The van der Waals surface area contributed by atoms with E-state index in [0.29, 0.717) is 11.3 Å². The third-order valence-electron chi connectivity index (χ3n) is 12.1. The normalized spacial score (nSPS) is 11.3. The molecule has 11 rings (SSSR count). The van der Waals surface area contributed by atoms with Crippen molar-refractivity contribution in [2.75, 3.05) is 9.80 Å². The fourth-order valence-electron chi connectivity index (χ4n) is 8.89. The highest BCUT2D eigenvalue weighted by molar-refractivity contribution is 7.26. The third-order valence-corrected chi connectivity index (χ3v) is 13.3. The lowest BCUT2D eigenvalue weighted by Gasteiger charge is -2.28. The second kappa shape index (κ2) is 16.8. The molecule has 0 aliphatic carbocycles. The number of fused-ring (bicyclic) bond motifs is 5. The minimum atomic E-state index is -0.445. The highest BCUT2D eigenvalue weighted by atomic mass is 32.1. The Bertz CT molecular complexity index is 3550. The van der Waals surface area contributed by atoms with Gasteiger partial charge in [-0.1, -0.05) is 152 Å². The molecule has 65 heavy (non-hydrogen) atoms. The molecule has 0 aliphatic heterocycles. The predicted octanol–water partition coefficient (Wildman–Crippen LogP) is 17.1. The van der Waals surface area contributed by atoms with E-state index < -0.39 is 5.97 Å². The van der Waals surface area contributed by atoms with Crippen LogP contribution in [0.2, 0.25) is 0 Å². The number of anilines is 6. The average molecular weight is 855 g/mol. The summed E-state index contributed by atoms with van der Waals surface area (Å²) < 4.78 is 8.16. The van der Waals surface area contributed by atoms with Crippen molar-refractivity contribution < 1.29 is 9.53 Å². The minimum absolute atomic E-state index is 0.353. The molecule has 0 atom stereocenters. The summed E-state index contributed by atoms with van der Waals surface area (Å²) in [5.41, 5.74) is 11.3. The van der Waals surface area contributed by atoms with Gasteiger partial charge >= 0.3 is 5.97 Å². The van der Waals surface area contributed by atoms with Gasteiger partial charge in [0.1, 0.15) is 5.75 Å². The average Bonchev–Trinajstić information content (AvgIpc) is 3.75. The topological polar surface area (TPSA) is 32.8 Å². The van der Waals surface area contributed by atoms with Crippen LogP contribution < -0.4 is 14.5 Å². The number of carbonyl (C=O) groups is 1. The van der Waals surface area contributed by atoms with E-state index in [1.165, 1.54) is 42.1 Å². The van der Waals surface area contributed by atoms with Crippen molar-refractivity contribution in [1.29, 1.82) is 0 Å². The van der Waals surface area contributed by atoms with E-state index in [1.54, 1.807) is 6.92 Å². The Kier molecular flexibility index (Phi) is 10.2. The maximum atomic E-state index is 12.3. The molecular formula is C60H42N2O2S. The van der Waals surface area contributed by atoms with Crippen molar-refractivity contribution in [3.05, 3.63) is 237 Å². The van der Waals surface area contributed by atoms with Crippen molar-refractivity contribution in [2.45, 2.75) is 6.92 Å². The lowest BCUT2D eigenvalue weighted by atomic mass is 10.0. The standard InChI is InChI=1S/C60H42N2O2S/c1-40(2)60(63)64-50-38-36-49(37-39-50)62(57-22-10-15-44-13-4-6-17-52(44)57)47-32-26-42(27-33-47)41-24-30-46(31-25-41)61(56-21-9-14-43-12-3-5-16-51(43)56)48-34-28-45(29-35-48)53-19-11-20-55-54-18-7-8-23-58(54)65-59(53)55/h3-39H,1H2,2H3. The van der Waals surface area contributed by atoms with Crippen LogP contribution in [0.3, 0.4) is 0 Å². The molecule has 0 N–H and O–H groups in total. The van der Waals surface area contributed by atoms with Crippen LogP contribution in [0.25, 0.3) is 64.0 Å². The van der Waals surface area contributed by atoms with Crippen LogP contribution in [0.4, 0.5) is 34.1 Å². The molecule has 11 aromatic rings. The zero-order valence-corrected chi connectivity index (χ0v) is 36.5. The molecule has 0 unspecified atom stereocenters. The molecule has 0 saturated carbocycles. The number of hydrogen-bond donors (Lipinski definition) is 0. The van der Waals surface area contributed by atoms with Gasteiger partial charge in [0.15, 0.2) is 0 Å². The van der Waals surface area contributed by atoms with E-state index in [9.17, 15) is 4.79 Å². The van der Waals surface area contributed by atoms with Crippen LogP contribution in [0, 0.1) is 0 Å². The first-order chi connectivity index (χ1) is 32.0. The highest BCUT2D eigenvalue weighted by Gasteiger charge is 2.19. The molecule has 0 radical (unpaired) electrons. The first-order valence-electron chi connectivity index (χ1n) is 21.7. The number of hydrogen-bond acceptors (Lipinski definition) is 5. The summed E-state index contributed by atoms with van der Waals surface area (Å²) in [7, 11) is 0. The van der Waals surface area contributed by atoms with Gasteiger partial charge in [-0.3, -0.25) is 0 Å². The second-order valence-electron chi connectivity index (χ2n) is 16.3. The SMILES string of the molecule is C=C(C)C(=O)Oc1ccc(N(c2ccc(-c3ccc(N(c4ccc(-c5cccc6c5sc5ccccc56)cc4)c4cccc5ccccc45)cc3)cc2)c2cccc3ccccc23)cc1. The molecule has 10 aromatic carbocycles. The Balaban J connectivity index is 0.939. The van der Waals surface area contributed by atoms with Gasteiger partial charge in [-0.15, -0.1) is 11.3 Å². The second-order valence-corrected chi connectivity index (χ2v) is 17.3. The molecule has 5 heteroatoms. The van der Waals surface area contributed by atoms with E-state index in [0.717, 1.165) is 56.0 Å². The number of benzene rings is 10. The summed E-state index contributed by atoms with van der Waals surface area (Å²) in [6.07, 6.45) is 0. The Hall–Kier alpha value is -8.25. The highest BCUT2D eigenvalue weighted by Crippen LogP contribution is 2.44. The fourth-order valence-corrected chi connectivity index (χ4v) is 10.1. The van der Waals surface area contributed by atoms with Crippen LogP contribution in [0.5, 0.6) is 5.75 Å². The number of ether oxygens (including phenoxy) is 1. The third kappa shape index (κ3) is 7.48. The molecule has 1 aromatic heterocycles. The Morgan fingerprint density at radius 2 is 0.846 bits per heavy atom. The van der Waals surface area contributed by atoms with Crippen molar-refractivity contribution in [2.24, 2.45) is 0 Å². The summed E-state index contributed by atoms with van der Waals surface area (Å²) in [6, 6.07) is 79.5. The van der Waals surface area contributed by atoms with Crippen LogP contribution in [0.15, 0.2) is 237 Å². The molecule has 1 heterocycles. The smallest absolute Gasteiger partial charge is 0.338 e. The lowest BCUT2D eigenvalue weighted by Crippen LogP contribution is -2.11. The van der Waals surface area contributed by atoms with E-state index in [-0.39, 0.29) is 0 Å². The van der Waals surface area contributed by atoms with Gasteiger partial charge < -0.3 is 14.5 Å². The molecule has 0 bridgehead atoms. The van der Waals surface area contributed by atoms with Crippen molar-refractivity contribution in [1.82, 2.24) is 0 Å². The number of esters is 1. The van der Waals surface area contributed by atoms with Gasteiger partial charge in [0.2, 0.25) is 0 Å². The van der Waals surface area contributed by atoms with Gasteiger partial charge in [0.05, 0.1) is 11.4 Å². The van der Waals surface area contributed by atoms with Gasteiger partial charge in [0, 0.05) is 59.3 Å². The zero-order valence-electron chi connectivity index (χ0n) is 35.7. The Morgan fingerprint density at radius 1 is 0.431 bits per heavy atom. The van der Waals surface area contributed by atoms with Crippen molar-refractivity contribution >= 4 is 93.1 Å². The van der Waals surface area contributed by atoms with E-state index in [1.807, 2.05) is 35.6 Å². The van der Waals surface area contributed by atoms with Crippen molar-refractivity contribution in [3.63, 3.8) is 0 Å². The number of carbonyl (C=O) groups excluding carboxylic acids is 1. The van der Waals surface area contributed by atoms with Crippen LogP contribution >= 0.6 is 11.3 Å². The molecule has 4 nitrogen and oxygen atoms in total. The Labute approximate surface area is 382 Å². The maximum absolute atomic E-state index is 12.3. The summed E-state index contributed by atoms with van der Waals surface area (Å²) in [5, 5.41) is 7.27. The first kappa shape index (κ1) is 39.6. The number of thiophene rings is 1. The molecule has 0 fully saturated rings. The molecule has 310 valence electrons. The van der Waals surface area contributed by atoms with Gasteiger partial charge in [-0.25, -0.2) is 4.79 Å². The van der Waals surface area contributed by atoms with Crippen LogP contribution in [-0.2, 0) is 4.79 Å². The van der Waals surface area contributed by atoms with E-state index in [2.05, 4.69) is 217 Å². The monoisotopic (exact) mass is 854 g/mol. The first-order valence-corrected chi connectivity index (χ1v) is 22.5. The quantitative estimate of drug-likeness (QED) is 0.0779. The summed E-state index contributed by atoms with van der Waals surface area (Å²) in [4.78, 5) is 16.9. The summed E-state index contributed by atoms with van der Waals surface area (Å²) in [5.74, 6) is 0.0234. The number of rotatable bonds is 10. The largest absolute Gasteiger partial charge is 0.423 e. The lowest BCUT2D eigenvalue weighted by molar-refractivity contribution is -0.130. The van der Waals surface area contributed by atoms with Gasteiger partial charge in [-0.05, 0) is 119 Å². The minimum Gasteiger partial charge on any atom is -0.423 e. The van der Waals surface area contributed by atoms with Gasteiger partial charge in [0.25, 0.3) is 0 Å². The molecule has 0 aliphatic rings. The molecule has 0 amide bonds. The molecule has 0 spiro atoms.